The van der Waals surface area contributed by atoms with Crippen molar-refractivity contribution in [1.82, 2.24) is 4.31 Å². The first kappa shape index (κ1) is 14.8. The predicted octanol–water partition coefficient (Wildman–Crippen LogP) is 1.69. The van der Waals surface area contributed by atoms with Gasteiger partial charge in [-0.2, -0.15) is 0 Å². The minimum absolute atomic E-state index is 0.232. The molecule has 0 aromatic rings. The Morgan fingerprint density at radius 1 is 1.11 bits per heavy atom. The number of sulfonamides is 1. The second-order valence-corrected chi connectivity index (χ2v) is 7.86. The highest BCUT2D eigenvalue weighted by molar-refractivity contribution is 7.89. The molecule has 1 aliphatic heterocycles. The summed E-state index contributed by atoms with van der Waals surface area (Å²) >= 11 is 0. The molecule has 0 amide bonds. The van der Waals surface area contributed by atoms with Crippen LogP contribution >= 0.6 is 0 Å². The SMILES string of the molecule is O=C(O)C1CCN(S(=O)(=O)CCC2CCCC2)CC1. The summed E-state index contributed by atoms with van der Waals surface area (Å²) in [6.07, 6.45) is 6.44. The van der Waals surface area contributed by atoms with E-state index >= 15 is 0 Å². The van der Waals surface area contributed by atoms with Crippen LogP contribution < -0.4 is 0 Å². The summed E-state index contributed by atoms with van der Waals surface area (Å²) < 4.78 is 25.9. The van der Waals surface area contributed by atoms with Crippen LogP contribution in [-0.4, -0.2) is 42.6 Å². The van der Waals surface area contributed by atoms with Gasteiger partial charge in [-0.05, 0) is 25.2 Å². The molecule has 0 aromatic heterocycles. The highest BCUT2D eigenvalue weighted by atomic mass is 32.2. The molecule has 1 N–H and O–H groups in total. The molecule has 19 heavy (non-hydrogen) atoms. The summed E-state index contributed by atoms with van der Waals surface area (Å²) in [6, 6.07) is 0. The van der Waals surface area contributed by atoms with Gasteiger partial charge < -0.3 is 5.11 Å². The van der Waals surface area contributed by atoms with Crippen molar-refractivity contribution in [2.24, 2.45) is 11.8 Å². The average Bonchev–Trinajstić information content (AvgIpc) is 2.90. The average molecular weight is 289 g/mol. The van der Waals surface area contributed by atoms with Gasteiger partial charge in [-0.25, -0.2) is 12.7 Å². The van der Waals surface area contributed by atoms with E-state index in [1.807, 2.05) is 0 Å². The predicted molar refractivity (Wildman–Crippen MR) is 72.3 cm³/mol. The van der Waals surface area contributed by atoms with Crippen LogP contribution in [0.3, 0.4) is 0 Å². The third-order valence-electron chi connectivity index (χ3n) is 4.46. The largest absolute Gasteiger partial charge is 0.481 e. The number of hydrogen-bond donors (Lipinski definition) is 1. The fourth-order valence-electron chi connectivity index (χ4n) is 3.12. The molecule has 1 saturated carbocycles. The van der Waals surface area contributed by atoms with E-state index in [-0.39, 0.29) is 11.7 Å². The summed E-state index contributed by atoms with van der Waals surface area (Å²) in [5, 5.41) is 8.91. The van der Waals surface area contributed by atoms with Crippen molar-refractivity contribution in [1.29, 1.82) is 0 Å². The number of hydrogen-bond acceptors (Lipinski definition) is 3. The molecule has 5 nitrogen and oxygen atoms in total. The van der Waals surface area contributed by atoms with Gasteiger partial charge in [-0.3, -0.25) is 4.79 Å². The molecule has 2 aliphatic rings. The number of carboxylic acid groups (broad SMARTS) is 1. The molecule has 6 heteroatoms. The minimum atomic E-state index is -3.18. The first-order chi connectivity index (χ1) is 8.99. The van der Waals surface area contributed by atoms with Crippen LogP contribution in [0, 0.1) is 11.8 Å². The Morgan fingerprint density at radius 2 is 1.68 bits per heavy atom. The van der Waals surface area contributed by atoms with Crippen LogP contribution in [0.5, 0.6) is 0 Å². The van der Waals surface area contributed by atoms with Crippen molar-refractivity contribution < 1.29 is 18.3 Å². The lowest BCUT2D eigenvalue weighted by Crippen LogP contribution is -2.41. The van der Waals surface area contributed by atoms with E-state index in [1.165, 1.54) is 17.1 Å². The zero-order valence-corrected chi connectivity index (χ0v) is 12.1. The molecule has 0 bridgehead atoms. The standard InChI is InChI=1S/C13H23NO4S/c15-13(16)12-5-8-14(9-6-12)19(17,18)10-7-11-3-1-2-4-11/h11-12H,1-10H2,(H,15,16). The smallest absolute Gasteiger partial charge is 0.306 e. The van der Waals surface area contributed by atoms with Crippen LogP contribution in [0.15, 0.2) is 0 Å². The van der Waals surface area contributed by atoms with Crippen LogP contribution in [-0.2, 0) is 14.8 Å². The Kier molecular flexibility index (Phi) is 4.84. The molecule has 2 rings (SSSR count). The Labute approximate surface area is 115 Å². The van der Waals surface area contributed by atoms with Crippen molar-refractivity contribution in [3.05, 3.63) is 0 Å². The Bertz CT molecular complexity index is 406. The molecule has 0 spiro atoms. The Hall–Kier alpha value is -0.620. The molecule has 0 radical (unpaired) electrons. The quantitative estimate of drug-likeness (QED) is 0.836. The van der Waals surface area contributed by atoms with E-state index in [1.54, 1.807) is 0 Å². The third kappa shape index (κ3) is 3.92. The van der Waals surface area contributed by atoms with Crippen LogP contribution in [0.4, 0.5) is 0 Å². The van der Waals surface area contributed by atoms with Gasteiger partial charge in [-0.1, -0.05) is 25.7 Å². The van der Waals surface area contributed by atoms with Gasteiger partial charge in [0.25, 0.3) is 0 Å². The van der Waals surface area contributed by atoms with E-state index in [4.69, 9.17) is 5.11 Å². The van der Waals surface area contributed by atoms with Gasteiger partial charge in [0.1, 0.15) is 0 Å². The van der Waals surface area contributed by atoms with Gasteiger partial charge in [0.15, 0.2) is 0 Å². The topological polar surface area (TPSA) is 74.7 Å². The maximum atomic E-state index is 12.2. The van der Waals surface area contributed by atoms with Crippen molar-refractivity contribution in [3.8, 4) is 0 Å². The highest BCUT2D eigenvalue weighted by Gasteiger charge is 2.31. The summed E-state index contributed by atoms with van der Waals surface area (Å²) in [6.45, 7) is 0.730. The second kappa shape index (κ2) is 6.22. The maximum absolute atomic E-state index is 12.2. The van der Waals surface area contributed by atoms with Crippen LogP contribution in [0.2, 0.25) is 0 Å². The van der Waals surface area contributed by atoms with E-state index < -0.39 is 16.0 Å². The zero-order chi connectivity index (χ0) is 13.9. The van der Waals surface area contributed by atoms with E-state index in [2.05, 4.69) is 0 Å². The van der Waals surface area contributed by atoms with Gasteiger partial charge >= 0.3 is 5.97 Å². The monoisotopic (exact) mass is 289 g/mol. The Morgan fingerprint density at radius 3 is 2.21 bits per heavy atom. The lowest BCUT2D eigenvalue weighted by molar-refractivity contribution is -0.142. The maximum Gasteiger partial charge on any atom is 0.306 e. The number of nitrogens with zero attached hydrogens (tertiary/aromatic N) is 1. The van der Waals surface area contributed by atoms with E-state index in [9.17, 15) is 13.2 Å². The first-order valence-corrected chi connectivity index (χ1v) is 8.80. The van der Waals surface area contributed by atoms with Crippen molar-refractivity contribution in [2.45, 2.75) is 44.9 Å². The molecule has 0 unspecified atom stereocenters. The van der Waals surface area contributed by atoms with Crippen LogP contribution in [0.1, 0.15) is 44.9 Å². The molecule has 0 aromatic carbocycles. The van der Waals surface area contributed by atoms with Crippen molar-refractivity contribution in [2.75, 3.05) is 18.8 Å². The second-order valence-electron chi connectivity index (χ2n) is 5.77. The molecular weight excluding hydrogens is 266 g/mol. The number of piperidine rings is 1. The molecule has 1 aliphatic carbocycles. The minimum Gasteiger partial charge on any atom is -0.481 e. The molecule has 1 heterocycles. The van der Waals surface area contributed by atoms with Gasteiger partial charge in [0.05, 0.1) is 11.7 Å². The van der Waals surface area contributed by atoms with Crippen LogP contribution in [0.25, 0.3) is 0 Å². The lowest BCUT2D eigenvalue weighted by atomic mass is 9.99. The molecule has 110 valence electrons. The highest BCUT2D eigenvalue weighted by Crippen LogP contribution is 2.28. The summed E-state index contributed by atoms with van der Waals surface area (Å²) in [5.74, 6) is -0.370. The van der Waals surface area contributed by atoms with Crippen molar-refractivity contribution >= 4 is 16.0 Å². The van der Waals surface area contributed by atoms with Crippen molar-refractivity contribution in [3.63, 3.8) is 0 Å². The van der Waals surface area contributed by atoms with Gasteiger partial charge in [0, 0.05) is 13.1 Å². The van der Waals surface area contributed by atoms with Gasteiger partial charge in [0.2, 0.25) is 10.0 Å². The molecular formula is C13H23NO4S. The number of carboxylic acids is 1. The third-order valence-corrected chi connectivity index (χ3v) is 6.36. The Balaban J connectivity index is 1.81. The lowest BCUT2D eigenvalue weighted by Gasteiger charge is -2.29. The summed E-state index contributed by atoms with van der Waals surface area (Å²) in [7, 11) is -3.18. The van der Waals surface area contributed by atoms with E-state index in [0.717, 1.165) is 19.3 Å². The fraction of sp³-hybridized carbons (Fsp3) is 0.923. The molecule has 2 fully saturated rings. The normalized spacial score (nSPS) is 23.8. The fourth-order valence-corrected chi connectivity index (χ4v) is 4.78. The first-order valence-electron chi connectivity index (χ1n) is 7.19. The molecule has 1 saturated heterocycles. The number of rotatable bonds is 5. The summed E-state index contributed by atoms with van der Waals surface area (Å²) in [5.41, 5.74) is 0. The van der Waals surface area contributed by atoms with E-state index in [0.29, 0.717) is 31.8 Å². The van der Waals surface area contributed by atoms with Gasteiger partial charge in [-0.15, -0.1) is 0 Å². The molecule has 0 atom stereocenters. The summed E-state index contributed by atoms with van der Waals surface area (Å²) in [4.78, 5) is 10.8. The zero-order valence-electron chi connectivity index (χ0n) is 11.3. The number of carbonyl (C=O) groups is 1. The number of aliphatic carboxylic acids is 1.